The molecule has 1 aromatic rings. The number of halogens is 1. The van der Waals surface area contributed by atoms with Crippen LogP contribution < -0.4 is 10.7 Å². The molecule has 2 rings (SSSR count). The summed E-state index contributed by atoms with van der Waals surface area (Å²) < 4.78 is 13.2. The average molecular weight is 181 g/mol. The molecule has 0 bridgehead atoms. The maximum absolute atomic E-state index is 13.2. The Morgan fingerprint density at radius 1 is 1.46 bits per heavy atom. The third kappa shape index (κ3) is 1.07. The highest BCUT2D eigenvalue weighted by Crippen LogP contribution is 2.10. The summed E-state index contributed by atoms with van der Waals surface area (Å²) in [5.74, 6) is -0.899. The zero-order valence-electron chi connectivity index (χ0n) is 6.40. The predicted octanol–water partition coefficient (Wildman–Crippen LogP) is -0.0558. The van der Waals surface area contributed by atoms with E-state index in [1.165, 1.54) is 6.07 Å². The van der Waals surface area contributed by atoms with Crippen LogP contribution in [0.3, 0.4) is 0 Å². The number of benzene rings is 1. The first-order chi connectivity index (χ1) is 6.20. The molecule has 0 saturated carbocycles. The Kier molecular flexibility index (Phi) is 1.54. The van der Waals surface area contributed by atoms with Gasteiger partial charge in [-0.15, -0.1) is 0 Å². The molecule has 0 spiro atoms. The first-order valence-electron chi connectivity index (χ1n) is 3.52. The van der Waals surface area contributed by atoms with Crippen molar-refractivity contribution in [2.24, 2.45) is 9.98 Å². The molecule has 0 amide bonds. The van der Waals surface area contributed by atoms with E-state index < -0.39 is 16.4 Å². The van der Waals surface area contributed by atoms with Crippen molar-refractivity contribution >= 4 is 5.69 Å². The number of fused-ring (bicyclic) bond motifs is 1. The number of nitro groups is 1. The smallest absolute Gasteiger partial charge is 0.260 e. The lowest BCUT2D eigenvalue weighted by Gasteiger charge is -1.91. The fourth-order valence-corrected chi connectivity index (χ4v) is 1.14. The van der Waals surface area contributed by atoms with E-state index in [0.717, 1.165) is 6.07 Å². The standard InChI is InChI=1S/C7H4FN3O2/c8-6-5(11(12)13)2-1-4-7(6)10-3-9-4/h1-2H,3H2. The number of hydrogen-bond acceptors (Lipinski definition) is 4. The quantitative estimate of drug-likeness (QED) is 0.450. The Morgan fingerprint density at radius 3 is 2.92 bits per heavy atom. The third-order valence-electron chi connectivity index (χ3n) is 1.74. The summed E-state index contributed by atoms with van der Waals surface area (Å²) in [6.45, 7) is 0.146. The molecule has 0 fully saturated rings. The van der Waals surface area contributed by atoms with E-state index in [1.54, 1.807) is 0 Å². The van der Waals surface area contributed by atoms with Crippen molar-refractivity contribution in [1.29, 1.82) is 0 Å². The molecule has 6 heteroatoms. The number of nitrogens with zero attached hydrogens (tertiary/aromatic N) is 3. The molecule has 1 aliphatic heterocycles. The van der Waals surface area contributed by atoms with Crippen molar-refractivity contribution in [3.63, 3.8) is 0 Å². The van der Waals surface area contributed by atoms with Gasteiger partial charge in [0.25, 0.3) is 0 Å². The minimum absolute atomic E-state index is 0.00537. The molecule has 0 aromatic heterocycles. The van der Waals surface area contributed by atoms with Gasteiger partial charge < -0.3 is 0 Å². The van der Waals surface area contributed by atoms with E-state index in [4.69, 9.17) is 0 Å². The molecule has 66 valence electrons. The molecule has 0 radical (unpaired) electrons. The lowest BCUT2D eigenvalue weighted by molar-refractivity contribution is -0.387. The Hall–Kier alpha value is -1.85. The minimum Gasteiger partial charge on any atom is -0.260 e. The molecule has 0 N–H and O–H groups in total. The Morgan fingerprint density at radius 2 is 2.23 bits per heavy atom. The highest BCUT2D eigenvalue weighted by atomic mass is 19.1. The normalized spacial score (nSPS) is 13.0. The largest absolute Gasteiger partial charge is 0.307 e. The summed E-state index contributed by atoms with van der Waals surface area (Å²) in [5.41, 5.74) is -0.556. The second-order valence-corrected chi connectivity index (χ2v) is 2.48. The predicted molar refractivity (Wildman–Crippen MR) is 40.2 cm³/mol. The van der Waals surface area contributed by atoms with Gasteiger partial charge in [-0.1, -0.05) is 0 Å². The monoisotopic (exact) mass is 181 g/mol. The molecule has 5 nitrogen and oxygen atoms in total. The SMILES string of the molecule is O=[N+]([O-])c1ccc2c(c1F)=NCN=2. The maximum atomic E-state index is 13.2. The van der Waals surface area contributed by atoms with Crippen LogP contribution in [-0.2, 0) is 0 Å². The van der Waals surface area contributed by atoms with E-state index >= 15 is 0 Å². The second-order valence-electron chi connectivity index (χ2n) is 2.48. The van der Waals surface area contributed by atoms with E-state index in [2.05, 4.69) is 9.98 Å². The molecular weight excluding hydrogens is 177 g/mol. The van der Waals surface area contributed by atoms with Gasteiger partial charge in [0, 0.05) is 6.07 Å². The highest BCUT2D eigenvalue weighted by molar-refractivity contribution is 5.30. The van der Waals surface area contributed by atoms with Gasteiger partial charge in [0.15, 0.2) is 0 Å². The van der Waals surface area contributed by atoms with Crippen LogP contribution in [0.1, 0.15) is 0 Å². The number of nitro benzene ring substituents is 1. The fraction of sp³-hybridized carbons (Fsp3) is 0.143. The van der Waals surface area contributed by atoms with Crippen molar-refractivity contribution in [2.75, 3.05) is 6.67 Å². The van der Waals surface area contributed by atoms with Crippen LogP contribution in [0, 0.1) is 15.9 Å². The average Bonchev–Trinajstić information content (AvgIpc) is 2.52. The highest BCUT2D eigenvalue weighted by Gasteiger charge is 2.17. The van der Waals surface area contributed by atoms with Crippen molar-refractivity contribution in [1.82, 2.24) is 0 Å². The molecule has 1 heterocycles. The van der Waals surface area contributed by atoms with Gasteiger partial charge in [0.2, 0.25) is 5.82 Å². The summed E-state index contributed by atoms with van der Waals surface area (Å²) >= 11 is 0. The Balaban J connectivity index is 2.82. The van der Waals surface area contributed by atoms with Gasteiger partial charge in [-0.05, 0) is 6.07 Å². The van der Waals surface area contributed by atoms with Crippen LogP contribution in [0.25, 0.3) is 0 Å². The number of hydrogen-bond donors (Lipinski definition) is 0. The van der Waals surface area contributed by atoms with E-state index in [-0.39, 0.29) is 12.0 Å². The first kappa shape index (κ1) is 7.78. The fourth-order valence-electron chi connectivity index (χ4n) is 1.14. The zero-order chi connectivity index (χ0) is 9.42. The molecule has 13 heavy (non-hydrogen) atoms. The maximum Gasteiger partial charge on any atom is 0.307 e. The van der Waals surface area contributed by atoms with Crippen LogP contribution >= 0.6 is 0 Å². The molecule has 1 aliphatic rings. The van der Waals surface area contributed by atoms with Crippen molar-refractivity contribution < 1.29 is 9.31 Å². The van der Waals surface area contributed by atoms with Crippen LogP contribution in [0.2, 0.25) is 0 Å². The summed E-state index contributed by atoms with van der Waals surface area (Å²) in [6, 6.07) is 2.49. The topological polar surface area (TPSA) is 67.9 Å². The lowest BCUT2D eigenvalue weighted by Crippen LogP contribution is -2.26. The minimum atomic E-state index is -0.899. The lowest BCUT2D eigenvalue weighted by atomic mass is 10.3. The molecule has 1 aromatic carbocycles. The summed E-state index contributed by atoms with van der Waals surface area (Å²) in [4.78, 5) is 17.1. The second kappa shape index (κ2) is 2.58. The number of rotatable bonds is 1. The van der Waals surface area contributed by atoms with E-state index in [0.29, 0.717) is 5.36 Å². The Bertz CT molecular complexity index is 497. The van der Waals surface area contributed by atoms with Gasteiger partial charge in [0.05, 0.1) is 10.3 Å². The molecule has 0 saturated heterocycles. The van der Waals surface area contributed by atoms with Crippen LogP contribution in [0.15, 0.2) is 22.1 Å². The first-order valence-corrected chi connectivity index (χ1v) is 3.52. The van der Waals surface area contributed by atoms with Crippen LogP contribution in [-0.4, -0.2) is 11.6 Å². The van der Waals surface area contributed by atoms with E-state index in [9.17, 15) is 14.5 Å². The van der Waals surface area contributed by atoms with Crippen molar-refractivity contribution in [3.05, 3.63) is 38.8 Å². The van der Waals surface area contributed by atoms with Crippen LogP contribution in [0.4, 0.5) is 10.1 Å². The zero-order valence-corrected chi connectivity index (χ0v) is 6.40. The van der Waals surface area contributed by atoms with Crippen LogP contribution in [0.5, 0.6) is 0 Å². The van der Waals surface area contributed by atoms with Gasteiger partial charge in [0.1, 0.15) is 12.0 Å². The van der Waals surface area contributed by atoms with Gasteiger partial charge in [-0.3, -0.25) is 20.1 Å². The molecule has 0 atom stereocenters. The molecule has 0 aliphatic carbocycles. The van der Waals surface area contributed by atoms with Crippen molar-refractivity contribution in [3.8, 4) is 0 Å². The Labute approximate surface area is 71.4 Å². The summed E-state index contributed by atoms with van der Waals surface area (Å²) in [6.07, 6.45) is 0. The third-order valence-corrected chi connectivity index (χ3v) is 1.74. The molecular formula is C7H4FN3O2. The van der Waals surface area contributed by atoms with Crippen molar-refractivity contribution in [2.45, 2.75) is 0 Å². The van der Waals surface area contributed by atoms with E-state index in [1.807, 2.05) is 0 Å². The van der Waals surface area contributed by atoms with Gasteiger partial charge in [-0.25, -0.2) is 0 Å². The summed E-state index contributed by atoms with van der Waals surface area (Å²) in [7, 11) is 0. The summed E-state index contributed by atoms with van der Waals surface area (Å²) in [5, 5.41) is 10.7. The molecule has 0 unspecified atom stereocenters. The van der Waals surface area contributed by atoms with Gasteiger partial charge >= 0.3 is 5.69 Å². The van der Waals surface area contributed by atoms with Gasteiger partial charge in [-0.2, -0.15) is 4.39 Å².